The van der Waals surface area contributed by atoms with Crippen LogP contribution in [0.1, 0.15) is 19.5 Å². The molecule has 1 aliphatic rings. The molecule has 80 valence electrons. The number of anilines is 1. The van der Waals surface area contributed by atoms with Gasteiger partial charge in [0.25, 0.3) is 0 Å². The van der Waals surface area contributed by atoms with Gasteiger partial charge in [0.1, 0.15) is 0 Å². The number of carbonyl (C=O) groups is 1. The number of nitrogens with zero attached hydrogens (tertiary/aromatic N) is 2. The molecular formula is C11H14N2O2. The summed E-state index contributed by atoms with van der Waals surface area (Å²) in [4.78, 5) is 17.6. The lowest BCUT2D eigenvalue weighted by Crippen LogP contribution is -2.45. The minimum atomic E-state index is -0.327. The van der Waals surface area contributed by atoms with E-state index in [0.717, 1.165) is 17.8 Å². The number of carbonyl (C=O) groups excluding carboxylic acids is 1. The monoisotopic (exact) mass is 206 g/mol. The molecule has 15 heavy (non-hydrogen) atoms. The van der Waals surface area contributed by atoms with Crippen molar-refractivity contribution in [2.24, 2.45) is 0 Å². The number of aromatic nitrogens is 1. The van der Waals surface area contributed by atoms with Crippen LogP contribution in [-0.2, 0) is 11.2 Å². The third kappa shape index (κ3) is 1.46. The fourth-order valence-electron chi connectivity index (χ4n) is 2.02. The van der Waals surface area contributed by atoms with E-state index in [1.165, 1.54) is 7.11 Å². The van der Waals surface area contributed by atoms with Crippen LogP contribution in [0.15, 0.2) is 18.3 Å². The van der Waals surface area contributed by atoms with Gasteiger partial charge < -0.3 is 4.74 Å². The van der Waals surface area contributed by atoms with Gasteiger partial charge in [0.05, 0.1) is 24.0 Å². The summed E-state index contributed by atoms with van der Waals surface area (Å²) in [6.45, 7) is 4.01. The number of fused-ring (bicyclic) bond motifs is 1. The lowest BCUT2D eigenvalue weighted by molar-refractivity contribution is 0.173. The summed E-state index contributed by atoms with van der Waals surface area (Å²) < 4.78 is 4.79. The van der Waals surface area contributed by atoms with E-state index < -0.39 is 0 Å². The van der Waals surface area contributed by atoms with Crippen molar-refractivity contribution in [2.45, 2.75) is 25.8 Å². The van der Waals surface area contributed by atoms with Crippen molar-refractivity contribution in [1.29, 1.82) is 0 Å². The van der Waals surface area contributed by atoms with Gasteiger partial charge in [-0.1, -0.05) is 0 Å². The van der Waals surface area contributed by atoms with Gasteiger partial charge in [0, 0.05) is 12.6 Å². The Bertz CT molecular complexity index is 401. The number of amides is 1. The first-order valence-electron chi connectivity index (χ1n) is 4.88. The summed E-state index contributed by atoms with van der Waals surface area (Å²) >= 11 is 0. The number of ether oxygens (including phenoxy) is 1. The Morgan fingerprint density at radius 2 is 2.33 bits per heavy atom. The molecule has 2 rings (SSSR count). The minimum Gasteiger partial charge on any atom is -0.452 e. The number of rotatable bonds is 0. The number of methoxy groups -OCH3 is 1. The standard InChI is InChI=1S/C11H14N2O2/c1-11(2)7-8-9(5-4-6-12-8)13(11)10(14)15-3/h4-6H,7H2,1-3H3. The average molecular weight is 206 g/mol. The molecular weight excluding hydrogens is 192 g/mol. The highest BCUT2D eigenvalue weighted by atomic mass is 16.5. The fourth-order valence-corrected chi connectivity index (χ4v) is 2.02. The van der Waals surface area contributed by atoms with Gasteiger partial charge in [0.15, 0.2) is 0 Å². The van der Waals surface area contributed by atoms with Gasteiger partial charge >= 0.3 is 6.09 Å². The molecule has 0 aliphatic carbocycles. The molecule has 0 spiro atoms. The summed E-state index contributed by atoms with van der Waals surface area (Å²) in [6, 6.07) is 3.73. The Morgan fingerprint density at radius 3 is 3.00 bits per heavy atom. The van der Waals surface area contributed by atoms with Crippen molar-refractivity contribution in [3.63, 3.8) is 0 Å². The van der Waals surface area contributed by atoms with Crippen LogP contribution >= 0.6 is 0 Å². The van der Waals surface area contributed by atoms with Gasteiger partial charge in [-0.3, -0.25) is 9.88 Å². The Balaban J connectivity index is 2.48. The van der Waals surface area contributed by atoms with Crippen LogP contribution in [0.3, 0.4) is 0 Å². The maximum absolute atomic E-state index is 11.7. The Hall–Kier alpha value is -1.58. The van der Waals surface area contributed by atoms with Crippen molar-refractivity contribution in [3.05, 3.63) is 24.0 Å². The topological polar surface area (TPSA) is 42.4 Å². The predicted molar refractivity (Wildman–Crippen MR) is 56.9 cm³/mol. The molecule has 1 amide bonds. The zero-order valence-corrected chi connectivity index (χ0v) is 9.15. The first-order valence-corrected chi connectivity index (χ1v) is 4.88. The van der Waals surface area contributed by atoms with Crippen LogP contribution in [0.5, 0.6) is 0 Å². The van der Waals surface area contributed by atoms with Crippen LogP contribution in [0, 0.1) is 0 Å². The first-order chi connectivity index (χ1) is 7.06. The summed E-state index contributed by atoms with van der Waals surface area (Å²) in [7, 11) is 1.40. The molecule has 0 atom stereocenters. The molecule has 0 radical (unpaired) electrons. The van der Waals surface area contributed by atoms with E-state index in [1.54, 1.807) is 11.1 Å². The molecule has 4 nitrogen and oxygen atoms in total. The molecule has 0 unspecified atom stereocenters. The lowest BCUT2D eigenvalue weighted by atomic mass is 10.0. The summed E-state index contributed by atoms with van der Waals surface area (Å²) in [6.07, 6.45) is 2.18. The normalized spacial score (nSPS) is 17.4. The molecule has 1 aromatic rings. The van der Waals surface area contributed by atoms with E-state index in [4.69, 9.17) is 4.74 Å². The van der Waals surface area contributed by atoms with Crippen molar-refractivity contribution in [3.8, 4) is 0 Å². The zero-order valence-electron chi connectivity index (χ0n) is 9.15. The molecule has 1 aromatic heterocycles. The molecule has 0 N–H and O–H groups in total. The summed E-state index contributed by atoms with van der Waals surface area (Å²) in [5.74, 6) is 0. The Labute approximate surface area is 88.9 Å². The van der Waals surface area contributed by atoms with Crippen LogP contribution in [0.25, 0.3) is 0 Å². The Kier molecular flexibility index (Phi) is 2.14. The van der Waals surface area contributed by atoms with Gasteiger partial charge in [-0.15, -0.1) is 0 Å². The van der Waals surface area contributed by atoms with E-state index in [1.807, 2.05) is 26.0 Å². The first kappa shape index (κ1) is 9.96. The smallest absolute Gasteiger partial charge is 0.414 e. The van der Waals surface area contributed by atoms with E-state index >= 15 is 0 Å². The quantitative estimate of drug-likeness (QED) is 0.652. The molecule has 4 heteroatoms. The second-order valence-electron chi connectivity index (χ2n) is 4.26. The van der Waals surface area contributed by atoms with Crippen LogP contribution in [0.4, 0.5) is 10.5 Å². The Morgan fingerprint density at radius 1 is 1.60 bits per heavy atom. The van der Waals surface area contributed by atoms with Crippen molar-refractivity contribution in [1.82, 2.24) is 4.98 Å². The van der Waals surface area contributed by atoms with E-state index in [2.05, 4.69) is 4.98 Å². The second kappa shape index (κ2) is 3.22. The molecule has 0 bridgehead atoms. The van der Waals surface area contributed by atoms with Crippen molar-refractivity contribution >= 4 is 11.8 Å². The zero-order chi connectivity index (χ0) is 11.1. The molecule has 0 aromatic carbocycles. The fraction of sp³-hybridized carbons (Fsp3) is 0.455. The second-order valence-corrected chi connectivity index (χ2v) is 4.26. The van der Waals surface area contributed by atoms with Crippen LogP contribution in [-0.4, -0.2) is 23.7 Å². The van der Waals surface area contributed by atoms with E-state index in [-0.39, 0.29) is 11.6 Å². The number of pyridine rings is 1. The highest BCUT2D eigenvalue weighted by molar-refractivity contribution is 5.91. The molecule has 0 fully saturated rings. The molecule has 1 aliphatic heterocycles. The predicted octanol–water partition coefficient (Wildman–Crippen LogP) is 1.99. The van der Waals surface area contributed by atoms with Crippen LogP contribution < -0.4 is 4.90 Å². The van der Waals surface area contributed by atoms with Crippen LogP contribution in [0.2, 0.25) is 0 Å². The average Bonchev–Trinajstić information content (AvgIpc) is 2.46. The van der Waals surface area contributed by atoms with Gasteiger partial charge in [-0.05, 0) is 26.0 Å². The summed E-state index contributed by atoms with van der Waals surface area (Å²) in [5.41, 5.74) is 1.55. The molecule has 2 heterocycles. The largest absolute Gasteiger partial charge is 0.452 e. The molecule has 0 saturated heterocycles. The van der Waals surface area contributed by atoms with Crippen molar-refractivity contribution in [2.75, 3.05) is 12.0 Å². The highest BCUT2D eigenvalue weighted by Gasteiger charge is 2.41. The highest BCUT2D eigenvalue weighted by Crippen LogP contribution is 2.37. The SMILES string of the molecule is COC(=O)N1c2cccnc2CC1(C)C. The third-order valence-corrected chi connectivity index (χ3v) is 2.67. The lowest BCUT2D eigenvalue weighted by Gasteiger charge is -2.30. The maximum atomic E-state index is 11.7. The van der Waals surface area contributed by atoms with E-state index in [9.17, 15) is 4.79 Å². The van der Waals surface area contributed by atoms with Crippen molar-refractivity contribution < 1.29 is 9.53 Å². The van der Waals surface area contributed by atoms with Gasteiger partial charge in [-0.2, -0.15) is 0 Å². The number of hydrogen-bond acceptors (Lipinski definition) is 3. The summed E-state index contributed by atoms with van der Waals surface area (Å²) in [5, 5.41) is 0. The number of hydrogen-bond donors (Lipinski definition) is 0. The van der Waals surface area contributed by atoms with E-state index in [0.29, 0.717) is 0 Å². The molecule has 0 saturated carbocycles. The van der Waals surface area contributed by atoms with Gasteiger partial charge in [-0.25, -0.2) is 4.79 Å². The minimum absolute atomic E-state index is 0.260. The third-order valence-electron chi connectivity index (χ3n) is 2.67. The maximum Gasteiger partial charge on any atom is 0.414 e. The van der Waals surface area contributed by atoms with Gasteiger partial charge in [0.2, 0.25) is 0 Å².